The van der Waals surface area contributed by atoms with Crippen molar-refractivity contribution >= 4 is 17.3 Å². The van der Waals surface area contributed by atoms with Crippen molar-refractivity contribution in [1.29, 1.82) is 0 Å². The molecule has 1 aliphatic carbocycles. The van der Waals surface area contributed by atoms with Crippen molar-refractivity contribution in [3.8, 4) is 11.5 Å². The molecule has 24 heavy (non-hydrogen) atoms. The van der Waals surface area contributed by atoms with Crippen molar-refractivity contribution in [2.45, 2.75) is 6.42 Å². The number of nitrogens with zero attached hydrogens (tertiary/aromatic N) is 3. The molecule has 6 nitrogen and oxygen atoms in total. The molecular weight excluding hydrogens is 313 g/mol. The summed E-state index contributed by atoms with van der Waals surface area (Å²) in [7, 11) is 3.80. The van der Waals surface area contributed by atoms with E-state index in [1.807, 2.05) is 19.0 Å². The third-order valence-corrected chi connectivity index (χ3v) is 3.63. The molecule has 0 N–H and O–H groups in total. The highest BCUT2D eigenvalue weighted by atomic mass is 19.1. The van der Waals surface area contributed by atoms with Crippen molar-refractivity contribution in [3.05, 3.63) is 41.5 Å². The fraction of sp³-hybridized carbons (Fsp3) is 0.294. The van der Waals surface area contributed by atoms with E-state index in [1.165, 1.54) is 24.3 Å². The summed E-state index contributed by atoms with van der Waals surface area (Å²) in [6.07, 6.45) is -0.0860. The number of carbonyl (C=O) groups is 2. The molecule has 0 aliphatic heterocycles. The van der Waals surface area contributed by atoms with Gasteiger partial charge in [0.05, 0.1) is 18.7 Å². The summed E-state index contributed by atoms with van der Waals surface area (Å²) in [4.78, 5) is 34.9. The molecule has 3 rings (SSSR count). The summed E-state index contributed by atoms with van der Waals surface area (Å²) in [5, 5.41) is 0. The van der Waals surface area contributed by atoms with Gasteiger partial charge in [0.25, 0.3) is 0 Å². The molecule has 0 unspecified atom stereocenters. The van der Waals surface area contributed by atoms with Gasteiger partial charge in [-0.2, -0.15) is 0 Å². The molecule has 1 heterocycles. The van der Waals surface area contributed by atoms with E-state index in [-0.39, 0.29) is 41.0 Å². The zero-order chi connectivity index (χ0) is 17.3. The predicted molar refractivity (Wildman–Crippen MR) is 86.0 cm³/mol. The van der Waals surface area contributed by atoms with Crippen LogP contribution in [0.3, 0.4) is 0 Å². The van der Waals surface area contributed by atoms with Gasteiger partial charge in [0, 0.05) is 12.1 Å². The van der Waals surface area contributed by atoms with Crippen LogP contribution in [-0.4, -0.2) is 54.3 Å². The Morgan fingerprint density at radius 1 is 1.25 bits per heavy atom. The van der Waals surface area contributed by atoms with Gasteiger partial charge in [0.2, 0.25) is 23.2 Å². The van der Waals surface area contributed by atoms with Crippen LogP contribution in [0.1, 0.15) is 27.5 Å². The van der Waals surface area contributed by atoms with Gasteiger partial charge >= 0.3 is 0 Å². The standard InChI is InChI=1S/C17H16FN3O3/c1-21(2)8-7-19-12-9-13(22)16-14(15(12)23)20-17(24-16)10-3-5-11(18)6-4-10/h3-6H,7-9H2,1-2H3. The topological polar surface area (TPSA) is 75.8 Å². The minimum atomic E-state index is -0.391. The van der Waals surface area contributed by atoms with Crippen LogP contribution in [0.25, 0.3) is 11.5 Å². The first-order chi connectivity index (χ1) is 11.5. The second-order valence-electron chi connectivity index (χ2n) is 5.76. The number of fused-ring (bicyclic) bond motifs is 1. The summed E-state index contributed by atoms with van der Waals surface area (Å²) in [5.41, 5.74) is 0.681. The summed E-state index contributed by atoms with van der Waals surface area (Å²) < 4.78 is 18.4. The largest absolute Gasteiger partial charge is 0.432 e. The van der Waals surface area contributed by atoms with E-state index < -0.39 is 5.82 Å². The number of ketones is 2. The van der Waals surface area contributed by atoms with Crippen LogP contribution in [0.2, 0.25) is 0 Å². The number of carbonyl (C=O) groups excluding carboxylic acids is 2. The van der Waals surface area contributed by atoms with Crippen molar-refractivity contribution in [3.63, 3.8) is 0 Å². The number of hydrogen-bond acceptors (Lipinski definition) is 6. The molecule has 0 saturated carbocycles. The summed E-state index contributed by atoms with van der Waals surface area (Å²) in [5.74, 6) is -1.03. The number of benzene rings is 1. The van der Waals surface area contributed by atoms with Crippen LogP contribution in [0.15, 0.2) is 33.7 Å². The third-order valence-electron chi connectivity index (χ3n) is 3.63. The zero-order valence-electron chi connectivity index (χ0n) is 13.4. The number of likely N-dealkylation sites (N-methyl/N-ethyl adjacent to an activating group) is 1. The zero-order valence-corrected chi connectivity index (χ0v) is 13.4. The Bertz CT molecular complexity index is 822. The number of aliphatic imine (C=N–C) groups is 1. The lowest BCUT2D eigenvalue weighted by Gasteiger charge is -2.10. The fourth-order valence-corrected chi connectivity index (χ4v) is 2.34. The first-order valence-electron chi connectivity index (χ1n) is 7.48. The maximum atomic E-state index is 13.0. The third kappa shape index (κ3) is 3.16. The Hall–Kier alpha value is -2.67. The van der Waals surface area contributed by atoms with Gasteiger partial charge in [-0.3, -0.25) is 14.6 Å². The van der Waals surface area contributed by atoms with Gasteiger partial charge < -0.3 is 9.32 Å². The smallest absolute Gasteiger partial charge is 0.229 e. The molecule has 0 atom stereocenters. The lowest BCUT2D eigenvalue weighted by atomic mass is 9.97. The second kappa shape index (κ2) is 6.45. The van der Waals surface area contributed by atoms with E-state index in [2.05, 4.69) is 9.98 Å². The quantitative estimate of drug-likeness (QED) is 0.860. The van der Waals surface area contributed by atoms with Crippen LogP contribution in [0.4, 0.5) is 4.39 Å². The SMILES string of the molecule is CN(C)CCN=C1CC(=O)c2oc(-c3ccc(F)cc3)nc2C1=O. The molecule has 1 aromatic carbocycles. The van der Waals surface area contributed by atoms with Crippen molar-refractivity contribution in [2.24, 2.45) is 4.99 Å². The minimum absolute atomic E-state index is 0.0193. The van der Waals surface area contributed by atoms with Crippen LogP contribution in [-0.2, 0) is 0 Å². The second-order valence-corrected chi connectivity index (χ2v) is 5.76. The highest BCUT2D eigenvalue weighted by Gasteiger charge is 2.35. The Morgan fingerprint density at radius 2 is 1.96 bits per heavy atom. The molecular formula is C17H16FN3O3. The summed E-state index contributed by atoms with van der Waals surface area (Å²) in [6, 6.07) is 5.48. The van der Waals surface area contributed by atoms with Crippen molar-refractivity contribution in [2.75, 3.05) is 27.2 Å². The first-order valence-corrected chi connectivity index (χ1v) is 7.48. The molecule has 1 aromatic heterocycles. The van der Waals surface area contributed by atoms with E-state index in [0.29, 0.717) is 18.7 Å². The van der Waals surface area contributed by atoms with E-state index in [0.717, 1.165) is 0 Å². The van der Waals surface area contributed by atoms with E-state index in [4.69, 9.17) is 4.42 Å². The molecule has 1 aliphatic rings. The lowest BCUT2D eigenvalue weighted by Crippen LogP contribution is -2.27. The number of aromatic nitrogens is 1. The molecule has 0 radical (unpaired) electrons. The Balaban J connectivity index is 1.91. The van der Waals surface area contributed by atoms with Gasteiger partial charge in [0.1, 0.15) is 5.82 Å². The molecule has 0 amide bonds. The lowest BCUT2D eigenvalue weighted by molar-refractivity contribution is 0.0940. The van der Waals surface area contributed by atoms with Gasteiger partial charge in [0.15, 0.2) is 5.69 Å². The Kier molecular flexibility index (Phi) is 4.35. The van der Waals surface area contributed by atoms with Gasteiger partial charge in [-0.25, -0.2) is 9.37 Å². The maximum absolute atomic E-state index is 13.0. The summed E-state index contributed by atoms with van der Waals surface area (Å²) >= 11 is 0. The Labute approximate surface area is 138 Å². The van der Waals surface area contributed by atoms with Crippen LogP contribution in [0.5, 0.6) is 0 Å². The molecule has 0 spiro atoms. The first kappa shape index (κ1) is 16.2. The summed E-state index contributed by atoms with van der Waals surface area (Å²) in [6.45, 7) is 1.11. The minimum Gasteiger partial charge on any atom is -0.432 e. The normalized spacial score (nSPS) is 16.1. The molecule has 0 saturated heterocycles. The van der Waals surface area contributed by atoms with Gasteiger partial charge in [-0.05, 0) is 38.4 Å². The van der Waals surface area contributed by atoms with Gasteiger partial charge in [-0.15, -0.1) is 0 Å². The monoisotopic (exact) mass is 329 g/mol. The number of rotatable bonds is 4. The molecule has 7 heteroatoms. The maximum Gasteiger partial charge on any atom is 0.229 e. The van der Waals surface area contributed by atoms with Gasteiger partial charge in [-0.1, -0.05) is 0 Å². The molecule has 2 aromatic rings. The average Bonchev–Trinajstić information content (AvgIpc) is 2.98. The predicted octanol–water partition coefficient (Wildman–Crippen LogP) is 2.25. The fourth-order valence-electron chi connectivity index (χ4n) is 2.34. The van der Waals surface area contributed by atoms with E-state index in [1.54, 1.807) is 0 Å². The van der Waals surface area contributed by atoms with Crippen LogP contribution >= 0.6 is 0 Å². The highest BCUT2D eigenvalue weighted by molar-refractivity contribution is 6.52. The van der Waals surface area contributed by atoms with Crippen LogP contribution in [0, 0.1) is 5.82 Å². The van der Waals surface area contributed by atoms with Crippen molar-refractivity contribution in [1.82, 2.24) is 9.88 Å². The van der Waals surface area contributed by atoms with Crippen LogP contribution < -0.4 is 0 Å². The molecule has 124 valence electrons. The van der Waals surface area contributed by atoms with E-state index >= 15 is 0 Å². The number of Topliss-reactive ketones (excluding diaryl/α,β-unsaturated/α-hetero) is 2. The number of halogens is 1. The highest BCUT2D eigenvalue weighted by Crippen LogP contribution is 2.27. The number of hydrogen-bond donors (Lipinski definition) is 0. The van der Waals surface area contributed by atoms with E-state index in [9.17, 15) is 14.0 Å². The molecule has 0 bridgehead atoms. The van der Waals surface area contributed by atoms with Crippen molar-refractivity contribution < 1.29 is 18.4 Å². The average molecular weight is 329 g/mol. The molecule has 0 fully saturated rings. The number of oxazole rings is 1. The Morgan fingerprint density at radius 3 is 2.62 bits per heavy atom.